The predicted molar refractivity (Wildman–Crippen MR) is 551 cm³/mol. The Balaban J connectivity index is 0.000000111. The number of rotatable bonds is 11. The molecule has 19 nitrogen and oxygen atoms in total. The number of halogens is 2. The van der Waals surface area contributed by atoms with E-state index in [0.717, 1.165) is 214 Å². The standard InChI is InChI=1S/C40H24N6.C27H16BrN3.C20H14N2O.C19H20BN3O2.C7H6BrNO/c1-4-31-24-33(32-5-2-19-42-39(32)38(31)41-18-1)25-6-8-26(9-7-25)34-16-12-29-22-27(10-14-35(29)45-34)28-11-15-36-30(23-28)13-17-37(46-36)40-43-20-3-21-44-40;28-21-10-12-25-19(15-21)9-11-24(31-25)18-7-5-17(6-8-18)23-16-20-3-1-13-29-26(20)27-22(23)4-2-14-30-27;1-13(23)14-6-8-15(9-7-14)18-12-16-4-2-10-21-19(16)20-17(18)5-3-11-22-20;1-18(2)19(3,4)25-20(24-18)14-7-9-15-13(12-14)6-8-16(23-15)17-21-10-5-11-22-17;8-6-1-2-7(9)5(3-6)4-10/h1-24H;1-16H;2-12H,1H3;5-12H,1-4H3;1-4H,9H2. The first-order valence-corrected chi connectivity index (χ1v) is 45.4. The van der Waals surface area contributed by atoms with Gasteiger partial charge in [-0.05, 0) is 248 Å². The summed E-state index contributed by atoms with van der Waals surface area (Å²) in [6, 6.07) is 106. The lowest BCUT2D eigenvalue weighted by Crippen LogP contribution is -2.41. The highest BCUT2D eigenvalue weighted by atomic mass is 79.9. The highest BCUT2D eigenvalue weighted by molar-refractivity contribution is 9.10. The van der Waals surface area contributed by atoms with Gasteiger partial charge in [0.05, 0.1) is 77.8 Å². The van der Waals surface area contributed by atoms with Crippen molar-refractivity contribution in [3.05, 3.63) is 397 Å². The lowest BCUT2D eigenvalue weighted by atomic mass is 9.78. The maximum Gasteiger partial charge on any atom is 0.494 e. The number of Topliss-reactive ketones (excluding diaryl/α,β-unsaturated/α-hetero) is 1. The molecule has 2 N–H and O–H groups in total. The largest absolute Gasteiger partial charge is 0.494 e. The Kier molecular flexibility index (Phi) is 24.1. The average molecular weight is 1880 g/mol. The summed E-state index contributed by atoms with van der Waals surface area (Å²) in [7, 11) is -0.369. The van der Waals surface area contributed by atoms with Crippen molar-refractivity contribution < 1.29 is 18.9 Å². The number of nitrogens with zero attached hydrogens (tertiary/aromatic N) is 14. The van der Waals surface area contributed by atoms with Gasteiger partial charge in [-0.3, -0.25) is 39.5 Å². The van der Waals surface area contributed by atoms with Crippen molar-refractivity contribution in [3.8, 4) is 90.1 Å². The number of ketones is 1. The molecule has 13 heterocycles. The number of nitrogens with two attached hydrogens (primary N) is 1. The smallest absolute Gasteiger partial charge is 0.399 e. The highest BCUT2D eigenvalue weighted by Crippen LogP contribution is 2.41. The van der Waals surface area contributed by atoms with E-state index in [4.69, 9.17) is 30.0 Å². The minimum Gasteiger partial charge on any atom is -0.399 e. The summed E-state index contributed by atoms with van der Waals surface area (Å²) in [5.41, 5.74) is 31.4. The number of nitrogen functional groups attached to an aromatic ring is 1. The van der Waals surface area contributed by atoms with Gasteiger partial charge >= 0.3 is 7.12 Å². The molecule has 0 unspecified atom stereocenters. The fourth-order valence-corrected chi connectivity index (χ4v) is 17.4. The van der Waals surface area contributed by atoms with Gasteiger partial charge < -0.3 is 15.0 Å². The van der Waals surface area contributed by atoms with Gasteiger partial charge in [-0.15, -0.1) is 0 Å². The van der Waals surface area contributed by atoms with Crippen LogP contribution in [0.15, 0.2) is 386 Å². The van der Waals surface area contributed by atoms with E-state index in [2.05, 4.69) is 290 Å². The van der Waals surface area contributed by atoms with Gasteiger partial charge in [0, 0.05) is 147 Å². The van der Waals surface area contributed by atoms with Crippen LogP contribution in [0.4, 0.5) is 5.69 Å². The summed E-state index contributed by atoms with van der Waals surface area (Å²) >= 11 is 6.74. The van der Waals surface area contributed by atoms with Crippen LogP contribution >= 0.6 is 31.9 Å². The number of carbonyl (C=O) groups is 2. The number of fused-ring (bicyclic) bond motifs is 13. The van der Waals surface area contributed by atoms with Crippen LogP contribution in [0.1, 0.15) is 55.3 Å². The zero-order valence-electron chi connectivity index (χ0n) is 73.7. The number of carbonyl (C=O) groups excluding carboxylic acids is 2. The van der Waals surface area contributed by atoms with E-state index in [9.17, 15) is 9.59 Å². The predicted octanol–water partition coefficient (Wildman–Crippen LogP) is 26.3. The number of benzene rings is 11. The first-order valence-electron chi connectivity index (χ1n) is 43.8. The van der Waals surface area contributed by atoms with Crippen molar-refractivity contribution in [1.29, 1.82) is 0 Å². The van der Waals surface area contributed by atoms with E-state index in [1.807, 2.05) is 134 Å². The Hall–Kier alpha value is -16.2. The number of hydrogen-bond donors (Lipinski definition) is 1. The maximum atomic E-state index is 11.5. The van der Waals surface area contributed by atoms with Crippen LogP contribution in [0.2, 0.25) is 0 Å². The first-order chi connectivity index (χ1) is 65.9. The molecule has 23 aromatic rings. The molecule has 0 aliphatic carbocycles. The molecular formula is C113H80BBr2N15O4. The summed E-state index contributed by atoms with van der Waals surface area (Å²) < 4.78 is 14.2. The Bertz CT molecular complexity index is 8490. The second kappa shape index (κ2) is 37.6. The van der Waals surface area contributed by atoms with Crippen molar-refractivity contribution in [2.45, 2.75) is 45.8 Å². The van der Waals surface area contributed by atoms with Crippen LogP contribution in [0.3, 0.4) is 0 Å². The molecule has 648 valence electrons. The van der Waals surface area contributed by atoms with Gasteiger partial charge in [0.2, 0.25) is 0 Å². The molecule has 0 spiro atoms. The molecule has 11 aromatic carbocycles. The van der Waals surface area contributed by atoms with Crippen molar-refractivity contribution >= 4 is 171 Å². The van der Waals surface area contributed by atoms with Crippen molar-refractivity contribution in [2.24, 2.45) is 0 Å². The maximum absolute atomic E-state index is 11.5. The average Bonchev–Trinajstić information content (AvgIpc) is 1.76. The molecule has 1 fully saturated rings. The minimum absolute atomic E-state index is 0.0748. The lowest BCUT2D eigenvalue weighted by Gasteiger charge is -2.32. The zero-order valence-corrected chi connectivity index (χ0v) is 76.8. The number of aromatic nitrogens is 14. The molecule has 12 aromatic heterocycles. The SMILES string of the molecule is Brc1ccc2nc(-c3ccc(-c4cc5cccnc5c5ncccc45)cc3)ccc2c1.CC(=O)c1ccc(-c2cc3cccnc3c3ncccc23)cc1.CC1(C)OB(c2ccc3nc(-c4ncccn4)ccc3c2)OC1(C)C.Nc1ccc(Br)cc1C=O.c1cnc(-c2ccc3cc(-c4ccc5nc(-c6ccc(-c7cc8cccnc8c8ncccc78)cc6)ccc5c4)ccc3n2)nc1. The van der Waals surface area contributed by atoms with Gasteiger partial charge in [0.15, 0.2) is 23.7 Å². The summed E-state index contributed by atoms with van der Waals surface area (Å²) in [6.07, 6.45) is 18.5. The molecule has 1 aliphatic heterocycles. The fourth-order valence-electron chi connectivity index (χ4n) is 16.6. The van der Waals surface area contributed by atoms with E-state index in [0.29, 0.717) is 22.9 Å². The van der Waals surface area contributed by atoms with Gasteiger partial charge in [-0.1, -0.05) is 190 Å². The van der Waals surface area contributed by atoms with Crippen LogP contribution in [-0.2, 0) is 9.31 Å². The fraction of sp³-hybridized carbons (Fsp3) is 0.0619. The Labute approximate surface area is 793 Å². The Morgan fingerprint density at radius 1 is 0.311 bits per heavy atom. The summed E-state index contributed by atoms with van der Waals surface area (Å²) in [5.74, 6) is 1.32. The number of anilines is 1. The molecule has 22 heteroatoms. The molecule has 0 radical (unpaired) electrons. The monoisotopic (exact) mass is 1880 g/mol. The van der Waals surface area contributed by atoms with Crippen molar-refractivity contribution in [2.75, 3.05) is 5.73 Å². The molecule has 0 amide bonds. The van der Waals surface area contributed by atoms with E-state index in [-0.39, 0.29) is 24.1 Å². The summed E-state index contributed by atoms with van der Waals surface area (Å²) in [4.78, 5) is 85.6. The van der Waals surface area contributed by atoms with Crippen LogP contribution in [0.25, 0.3) is 199 Å². The quantitative estimate of drug-likeness (QED) is 0.0415. The molecule has 0 bridgehead atoms. The first kappa shape index (κ1) is 86.8. The van der Waals surface area contributed by atoms with E-state index in [1.54, 1.807) is 74.4 Å². The third-order valence-electron chi connectivity index (χ3n) is 24.3. The van der Waals surface area contributed by atoms with E-state index < -0.39 is 0 Å². The summed E-state index contributed by atoms with van der Waals surface area (Å²) in [6.45, 7) is 9.81. The highest BCUT2D eigenvalue weighted by Gasteiger charge is 2.52. The van der Waals surface area contributed by atoms with Crippen LogP contribution < -0.4 is 11.2 Å². The third kappa shape index (κ3) is 18.3. The molecule has 0 atom stereocenters. The van der Waals surface area contributed by atoms with Crippen molar-refractivity contribution in [1.82, 2.24) is 69.8 Å². The topological polar surface area (TPSA) is 259 Å². The Morgan fingerprint density at radius 2 is 0.637 bits per heavy atom. The number of aldehydes is 1. The summed E-state index contributed by atoms with van der Waals surface area (Å²) in [5, 5.41) is 10.8. The lowest BCUT2D eigenvalue weighted by molar-refractivity contribution is 0.00578. The minimum atomic E-state index is -0.369. The number of hydrogen-bond acceptors (Lipinski definition) is 19. The molecule has 24 rings (SSSR count). The van der Waals surface area contributed by atoms with Crippen LogP contribution in [-0.4, -0.2) is 100 Å². The normalized spacial score (nSPS) is 12.5. The second-order valence-corrected chi connectivity index (χ2v) is 35.3. The van der Waals surface area contributed by atoms with Crippen LogP contribution in [0, 0.1) is 0 Å². The molecule has 1 saturated heterocycles. The number of pyridine rings is 10. The van der Waals surface area contributed by atoms with Crippen LogP contribution in [0.5, 0.6) is 0 Å². The Morgan fingerprint density at radius 3 is 1.04 bits per heavy atom. The molecule has 135 heavy (non-hydrogen) atoms. The zero-order chi connectivity index (χ0) is 92.3. The molecular weight excluding hydrogens is 1800 g/mol. The van der Waals surface area contributed by atoms with Gasteiger partial charge in [0.25, 0.3) is 0 Å². The van der Waals surface area contributed by atoms with Crippen molar-refractivity contribution in [3.63, 3.8) is 0 Å². The van der Waals surface area contributed by atoms with E-state index >= 15 is 0 Å². The van der Waals surface area contributed by atoms with E-state index in [1.165, 1.54) is 0 Å². The molecule has 0 saturated carbocycles. The van der Waals surface area contributed by atoms with Gasteiger partial charge in [0.1, 0.15) is 11.4 Å². The second-order valence-electron chi connectivity index (χ2n) is 33.5. The third-order valence-corrected chi connectivity index (χ3v) is 25.3. The van der Waals surface area contributed by atoms with Gasteiger partial charge in [-0.25, -0.2) is 39.9 Å². The van der Waals surface area contributed by atoms with Gasteiger partial charge in [-0.2, -0.15) is 0 Å². The molecule has 1 aliphatic rings.